The van der Waals surface area contributed by atoms with E-state index in [4.69, 9.17) is 5.84 Å². The van der Waals surface area contributed by atoms with Gasteiger partial charge in [0.05, 0.1) is 0 Å². The first-order valence-electron chi connectivity index (χ1n) is 3.93. The van der Waals surface area contributed by atoms with Crippen molar-refractivity contribution in [3.63, 3.8) is 0 Å². The Balaban J connectivity index is 2.36. The maximum Gasteiger partial charge on any atom is 0.140 e. The van der Waals surface area contributed by atoms with E-state index in [1.807, 2.05) is 6.07 Å². The minimum atomic E-state index is 0.717. The van der Waals surface area contributed by atoms with Crippen LogP contribution < -0.4 is 11.3 Å². The van der Waals surface area contributed by atoms with Crippen LogP contribution in [0.2, 0.25) is 0 Å². The van der Waals surface area contributed by atoms with Gasteiger partial charge >= 0.3 is 0 Å². The second-order valence-corrected chi connectivity index (χ2v) is 3.86. The highest BCUT2D eigenvalue weighted by atomic mass is 79.9. The van der Waals surface area contributed by atoms with Crippen molar-refractivity contribution in [2.45, 2.75) is 18.8 Å². The summed E-state index contributed by atoms with van der Waals surface area (Å²) in [5.74, 6) is 6.71. The van der Waals surface area contributed by atoms with Crippen molar-refractivity contribution in [3.05, 3.63) is 22.3 Å². The van der Waals surface area contributed by atoms with Crippen molar-refractivity contribution < 1.29 is 0 Å². The van der Waals surface area contributed by atoms with E-state index in [1.54, 1.807) is 6.20 Å². The summed E-state index contributed by atoms with van der Waals surface area (Å²) < 4.78 is 1.09. The van der Waals surface area contributed by atoms with Gasteiger partial charge < -0.3 is 5.43 Å². The second-order valence-electron chi connectivity index (χ2n) is 3.01. The van der Waals surface area contributed by atoms with E-state index in [1.165, 1.54) is 18.4 Å². The zero-order chi connectivity index (χ0) is 8.55. The molecule has 0 bridgehead atoms. The van der Waals surface area contributed by atoms with Gasteiger partial charge in [0.1, 0.15) is 5.82 Å². The fraction of sp³-hybridized carbons (Fsp3) is 0.375. The standard InChI is InChI=1S/C8H10BrN3/c9-7-4-11-8(12-10)3-6(7)5-1-2-5/h3-5H,1-2,10H2,(H,11,12). The molecule has 12 heavy (non-hydrogen) atoms. The molecule has 0 unspecified atom stereocenters. The van der Waals surface area contributed by atoms with E-state index < -0.39 is 0 Å². The molecule has 64 valence electrons. The Labute approximate surface area is 79.5 Å². The monoisotopic (exact) mass is 227 g/mol. The fourth-order valence-electron chi connectivity index (χ4n) is 1.24. The number of nitrogens with one attached hydrogen (secondary N) is 1. The van der Waals surface area contributed by atoms with Crippen molar-refractivity contribution in [3.8, 4) is 0 Å². The summed E-state index contributed by atoms with van der Waals surface area (Å²) in [6, 6.07) is 2.00. The van der Waals surface area contributed by atoms with Gasteiger partial charge in [0.2, 0.25) is 0 Å². The quantitative estimate of drug-likeness (QED) is 0.601. The number of hydrazine groups is 1. The van der Waals surface area contributed by atoms with Crippen molar-refractivity contribution in [2.75, 3.05) is 5.43 Å². The smallest absolute Gasteiger partial charge is 0.140 e. The number of nitrogen functional groups attached to an aromatic ring is 1. The Morgan fingerprint density at radius 3 is 2.92 bits per heavy atom. The molecule has 0 aliphatic heterocycles. The van der Waals surface area contributed by atoms with Crippen LogP contribution in [0.25, 0.3) is 0 Å². The molecule has 0 saturated heterocycles. The van der Waals surface area contributed by atoms with Gasteiger partial charge in [-0.3, -0.25) is 0 Å². The van der Waals surface area contributed by atoms with Crippen LogP contribution in [0.15, 0.2) is 16.7 Å². The molecule has 1 aromatic rings. The largest absolute Gasteiger partial charge is 0.308 e. The summed E-state index contributed by atoms with van der Waals surface area (Å²) in [7, 11) is 0. The highest BCUT2D eigenvalue weighted by molar-refractivity contribution is 9.10. The van der Waals surface area contributed by atoms with E-state index in [9.17, 15) is 0 Å². The molecule has 0 radical (unpaired) electrons. The van der Waals surface area contributed by atoms with Crippen LogP contribution in [0.1, 0.15) is 24.3 Å². The minimum absolute atomic E-state index is 0.717. The average molecular weight is 228 g/mol. The third-order valence-electron chi connectivity index (χ3n) is 2.05. The number of pyridine rings is 1. The molecule has 0 aromatic carbocycles. The Hall–Kier alpha value is -0.610. The Bertz CT molecular complexity index is 296. The molecule has 0 spiro atoms. The molecule has 1 saturated carbocycles. The molecular weight excluding hydrogens is 218 g/mol. The molecule has 2 rings (SSSR count). The Kier molecular flexibility index (Phi) is 2.02. The van der Waals surface area contributed by atoms with Crippen molar-refractivity contribution in [1.82, 2.24) is 4.98 Å². The Morgan fingerprint density at radius 1 is 1.58 bits per heavy atom. The zero-order valence-corrected chi connectivity index (χ0v) is 8.13. The van der Waals surface area contributed by atoms with Crippen LogP contribution in [0, 0.1) is 0 Å². The minimum Gasteiger partial charge on any atom is -0.308 e. The number of nitrogens with two attached hydrogens (primary N) is 1. The molecule has 1 aliphatic carbocycles. The van der Waals surface area contributed by atoms with Crippen LogP contribution in [-0.4, -0.2) is 4.98 Å². The van der Waals surface area contributed by atoms with Gasteiger partial charge in [-0.1, -0.05) is 0 Å². The summed E-state index contributed by atoms with van der Waals surface area (Å²) in [5.41, 5.74) is 3.86. The van der Waals surface area contributed by atoms with E-state index in [-0.39, 0.29) is 0 Å². The molecular formula is C8H10BrN3. The molecule has 1 aromatic heterocycles. The van der Waals surface area contributed by atoms with Crippen molar-refractivity contribution in [2.24, 2.45) is 5.84 Å². The maximum atomic E-state index is 5.26. The SMILES string of the molecule is NNc1cc(C2CC2)c(Br)cn1. The molecule has 4 heteroatoms. The lowest BCUT2D eigenvalue weighted by atomic mass is 10.2. The van der Waals surface area contributed by atoms with Crippen LogP contribution in [0.3, 0.4) is 0 Å². The van der Waals surface area contributed by atoms with Crippen LogP contribution in [0.5, 0.6) is 0 Å². The van der Waals surface area contributed by atoms with E-state index in [0.29, 0.717) is 0 Å². The highest BCUT2D eigenvalue weighted by Crippen LogP contribution is 2.43. The third-order valence-corrected chi connectivity index (χ3v) is 2.71. The lowest BCUT2D eigenvalue weighted by Gasteiger charge is -2.04. The lowest BCUT2D eigenvalue weighted by Crippen LogP contribution is -2.08. The summed E-state index contributed by atoms with van der Waals surface area (Å²) in [6.07, 6.45) is 4.36. The fourth-order valence-corrected chi connectivity index (χ4v) is 1.78. The number of hydrogen-bond acceptors (Lipinski definition) is 3. The lowest BCUT2D eigenvalue weighted by molar-refractivity contribution is 1.08. The molecule has 0 atom stereocenters. The summed E-state index contributed by atoms with van der Waals surface area (Å²) >= 11 is 3.47. The first kappa shape index (κ1) is 8.01. The van der Waals surface area contributed by atoms with E-state index >= 15 is 0 Å². The third kappa shape index (κ3) is 1.44. The van der Waals surface area contributed by atoms with Gasteiger partial charge in [0, 0.05) is 10.7 Å². The number of rotatable bonds is 2. The number of hydrogen-bond donors (Lipinski definition) is 2. The van der Waals surface area contributed by atoms with Crippen LogP contribution in [-0.2, 0) is 0 Å². The predicted molar refractivity (Wildman–Crippen MR) is 51.7 cm³/mol. The van der Waals surface area contributed by atoms with Gasteiger partial charge in [-0.2, -0.15) is 0 Å². The van der Waals surface area contributed by atoms with Crippen molar-refractivity contribution >= 4 is 21.7 Å². The van der Waals surface area contributed by atoms with Gasteiger partial charge in [-0.15, -0.1) is 0 Å². The molecule has 3 N–H and O–H groups in total. The van der Waals surface area contributed by atoms with Crippen LogP contribution >= 0.6 is 15.9 Å². The molecule has 1 aliphatic rings. The second kappa shape index (κ2) is 3.03. The van der Waals surface area contributed by atoms with Crippen molar-refractivity contribution in [1.29, 1.82) is 0 Å². The average Bonchev–Trinajstić information content (AvgIpc) is 2.88. The normalized spacial score (nSPS) is 16.2. The topological polar surface area (TPSA) is 50.9 Å². The van der Waals surface area contributed by atoms with E-state index in [0.717, 1.165) is 16.2 Å². The zero-order valence-electron chi connectivity index (χ0n) is 6.55. The van der Waals surface area contributed by atoms with Crippen LogP contribution in [0.4, 0.5) is 5.82 Å². The first-order valence-corrected chi connectivity index (χ1v) is 4.72. The summed E-state index contributed by atoms with van der Waals surface area (Å²) in [6.45, 7) is 0. The number of aromatic nitrogens is 1. The summed E-state index contributed by atoms with van der Waals surface area (Å²) in [5, 5.41) is 0. The Morgan fingerprint density at radius 2 is 2.33 bits per heavy atom. The highest BCUT2D eigenvalue weighted by Gasteiger charge is 2.25. The number of halogens is 1. The maximum absolute atomic E-state index is 5.26. The number of nitrogens with zero attached hydrogens (tertiary/aromatic N) is 1. The summed E-state index contributed by atoms with van der Waals surface area (Å²) in [4.78, 5) is 4.08. The molecule has 1 fully saturated rings. The van der Waals surface area contributed by atoms with Gasteiger partial charge in [0.25, 0.3) is 0 Å². The first-order chi connectivity index (χ1) is 5.81. The van der Waals surface area contributed by atoms with Gasteiger partial charge in [-0.25, -0.2) is 10.8 Å². The van der Waals surface area contributed by atoms with Gasteiger partial charge in [-0.05, 0) is 46.3 Å². The van der Waals surface area contributed by atoms with Gasteiger partial charge in [0.15, 0.2) is 0 Å². The predicted octanol–water partition coefficient (Wildman–Crippen LogP) is 2.01. The molecule has 3 nitrogen and oxygen atoms in total. The van der Waals surface area contributed by atoms with E-state index in [2.05, 4.69) is 26.3 Å². The number of anilines is 1. The molecule has 1 heterocycles. The molecule has 0 amide bonds.